The fourth-order valence-corrected chi connectivity index (χ4v) is 2.21. The molecule has 0 aliphatic carbocycles. The third kappa shape index (κ3) is 3.25. The van der Waals surface area contributed by atoms with Gasteiger partial charge in [-0.05, 0) is 47.5 Å². The molecule has 20 heavy (non-hydrogen) atoms. The normalized spacial score (nSPS) is 12.8. The van der Waals surface area contributed by atoms with Crippen LogP contribution in [0.25, 0.3) is 10.8 Å². The summed E-state index contributed by atoms with van der Waals surface area (Å²) < 4.78 is 31.4. The topological polar surface area (TPSA) is 21.3 Å². The third-order valence-electron chi connectivity index (χ3n) is 3.30. The van der Waals surface area contributed by atoms with Crippen LogP contribution in [0.2, 0.25) is 0 Å². The van der Waals surface area contributed by atoms with E-state index in [4.69, 9.17) is 4.74 Å². The Hall–Kier alpha value is -1.68. The second-order valence-corrected chi connectivity index (χ2v) is 4.74. The van der Waals surface area contributed by atoms with Crippen molar-refractivity contribution in [2.75, 3.05) is 13.7 Å². The highest BCUT2D eigenvalue weighted by molar-refractivity contribution is 5.84. The van der Waals surface area contributed by atoms with E-state index in [1.165, 1.54) is 0 Å². The molecule has 4 heteroatoms. The van der Waals surface area contributed by atoms with Crippen molar-refractivity contribution < 1.29 is 13.5 Å². The lowest BCUT2D eigenvalue weighted by molar-refractivity contribution is 0.0986. The number of alkyl halides is 2. The number of benzene rings is 2. The van der Waals surface area contributed by atoms with Crippen LogP contribution >= 0.6 is 0 Å². The summed E-state index contributed by atoms with van der Waals surface area (Å²) >= 11 is 0. The summed E-state index contributed by atoms with van der Waals surface area (Å²) in [5.41, 5.74) is 0.617. The SMILES string of the molecule is CCCNC(c1ccc2cc(OC)ccc2c1)C(F)F. The lowest BCUT2D eigenvalue weighted by atomic mass is 10.0. The van der Waals surface area contributed by atoms with Crippen LogP contribution in [0.15, 0.2) is 36.4 Å². The van der Waals surface area contributed by atoms with Crippen LogP contribution < -0.4 is 10.1 Å². The largest absolute Gasteiger partial charge is 0.497 e. The number of fused-ring (bicyclic) bond motifs is 1. The van der Waals surface area contributed by atoms with Gasteiger partial charge in [-0.15, -0.1) is 0 Å². The van der Waals surface area contributed by atoms with Gasteiger partial charge in [0.25, 0.3) is 6.43 Å². The van der Waals surface area contributed by atoms with Gasteiger partial charge in [0.1, 0.15) is 5.75 Å². The molecule has 2 rings (SSSR count). The first-order valence-corrected chi connectivity index (χ1v) is 6.75. The predicted molar refractivity (Wildman–Crippen MR) is 77.5 cm³/mol. The van der Waals surface area contributed by atoms with Gasteiger partial charge >= 0.3 is 0 Å². The second-order valence-electron chi connectivity index (χ2n) is 4.74. The van der Waals surface area contributed by atoms with E-state index in [2.05, 4.69) is 5.32 Å². The summed E-state index contributed by atoms with van der Waals surface area (Å²) in [6.45, 7) is 2.54. The summed E-state index contributed by atoms with van der Waals surface area (Å²) in [5.74, 6) is 0.764. The molecule has 0 saturated carbocycles. The molecule has 0 aliphatic heterocycles. The highest BCUT2D eigenvalue weighted by Crippen LogP contribution is 2.27. The third-order valence-corrected chi connectivity index (χ3v) is 3.30. The monoisotopic (exact) mass is 279 g/mol. The van der Waals surface area contributed by atoms with Gasteiger partial charge in [0.05, 0.1) is 13.2 Å². The van der Waals surface area contributed by atoms with Crippen molar-refractivity contribution in [2.24, 2.45) is 0 Å². The maximum Gasteiger partial charge on any atom is 0.257 e. The zero-order valence-electron chi connectivity index (χ0n) is 11.7. The van der Waals surface area contributed by atoms with Crippen LogP contribution in [-0.4, -0.2) is 20.1 Å². The molecule has 2 aromatic carbocycles. The molecule has 0 amide bonds. The van der Waals surface area contributed by atoms with E-state index in [0.29, 0.717) is 12.1 Å². The second kappa shape index (κ2) is 6.66. The summed E-state index contributed by atoms with van der Waals surface area (Å²) in [6, 6.07) is 10.1. The van der Waals surface area contributed by atoms with Crippen LogP contribution in [0.1, 0.15) is 24.9 Å². The summed E-state index contributed by atoms with van der Waals surface area (Å²) in [5, 5.41) is 4.82. The van der Waals surface area contributed by atoms with Crippen LogP contribution in [0.3, 0.4) is 0 Å². The minimum absolute atomic E-state index is 0.579. The minimum atomic E-state index is -2.42. The molecule has 0 spiro atoms. The molecule has 0 radical (unpaired) electrons. The van der Waals surface area contributed by atoms with Crippen molar-refractivity contribution in [1.29, 1.82) is 0 Å². The molecule has 0 saturated heterocycles. The molecule has 0 aliphatic rings. The van der Waals surface area contributed by atoms with Crippen LogP contribution in [0.5, 0.6) is 5.75 Å². The molecular formula is C16H19F2NO. The minimum Gasteiger partial charge on any atom is -0.497 e. The Morgan fingerprint density at radius 3 is 2.45 bits per heavy atom. The smallest absolute Gasteiger partial charge is 0.257 e. The molecular weight excluding hydrogens is 260 g/mol. The predicted octanol–water partition coefficient (Wildman–Crippen LogP) is 4.15. The Bertz CT molecular complexity index is 571. The van der Waals surface area contributed by atoms with Gasteiger partial charge in [-0.2, -0.15) is 0 Å². The van der Waals surface area contributed by atoms with Crippen LogP contribution in [0, 0.1) is 0 Å². The van der Waals surface area contributed by atoms with E-state index in [9.17, 15) is 8.78 Å². The Morgan fingerprint density at radius 2 is 1.80 bits per heavy atom. The van der Waals surface area contributed by atoms with Crippen LogP contribution in [0.4, 0.5) is 8.78 Å². The molecule has 2 aromatic rings. The molecule has 0 aromatic heterocycles. The standard InChI is InChI=1S/C16H19F2NO/c1-3-8-19-15(16(17)18)13-5-4-12-10-14(20-2)7-6-11(12)9-13/h4-7,9-10,15-16,19H,3,8H2,1-2H3. The van der Waals surface area contributed by atoms with Gasteiger partial charge in [0, 0.05) is 0 Å². The van der Waals surface area contributed by atoms with E-state index in [1.54, 1.807) is 13.2 Å². The average Bonchev–Trinajstić information content (AvgIpc) is 2.46. The van der Waals surface area contributed by atoms with Crippen molar-refractivity contribution in [3.63, 3.8) is 0 Å². The molecule has 1 atom stereocenters. The fraction of sp³-hybridized carbons (Fsp3) is 0.375. The van der Waals surface area contributed by atoms with Gasteiger partial charge in [0.2, 0.25) is 0 Å². The summed E-state index contributed by atoms with van der Waals surface area (Å²) in [6.07, 6.45) is -1.59. The van der Waals surface area contributed by atoms with Gasteiger partial charge in [-0.3, -0.25) is 0 Å². The van der Waals surface area contributed by atoms with Crippen molar-refractivity contribution >= 4 is 10.8 Å². The molecule has 1 unspecified atom stereocenters. The number of halogens is 2. The Kier molecular flexibility index (Phi) is 4.90. The molecule has 0 heterocycles. The Labute approximate surface area is 117 Å². The lowest BCUT2D eigenvalue weighted by Gasteiger charge is -2.18. The van der Waals surface area contributed by atoms with E-state index in [-0.39, 0.29) is 0 Å². The van der Waals surface area contributed by atoms with E-state index in [1.807, 2.05) is 37.3 Å². The van der Waals surface area contributed by atoms with Crippen molar-refractivity contribution in [3.05, 3.63) is 42.0 Å². The van der Waals surface area contributed by atoms with Crippen molar-refractivity contribution in [1.82, 2.24) is 5.32 Å². The highest BCUT2D eigenvalue weighted by atomic mass is 19.3. The lowest BCUT2D eigenvalue weighted by Crippen LogP contribution is -2.27. The maximum absolute atomic E-state index is 13.1. The first kappa shape index (κ1) is 14.7. The van der Waals surface area contributed by atoms with E-state index >= 15 is 0 Å². The first-order valence-electron chi connectivity index (χ1n) is 6.75. The maximum atomic E-state index is 13.1. The molecule has 2 nitrogen and oxygen atoms in total. The number of ether oxygens (including phenoxy) is 1. The molecule has 108 valence electrons. The first-order chi connectivity index (χ1) is 9.65. The van der Waals surface area contributed by atoms with Gasteiger partial charge in [0.15, 0.2) is 0 Å². The number of nitrogens with one attached hydrogen (secondary N) is 1. The summed E-state index contributed by atoms with van der Waals surface area (Å²) in [4.78, 5) is 0. The van der Waals surface area contributed by atoms with Crippen LogP contribution in [-0.2, 0) is 0 Å². The Balaban J connectivity index is 2.33. The van der Waals surface area contributed by atoms with Gasteiger partial charge in [-0.1, -0.05) is 25.1 Å². The van der Waals surface area contributed by atoms with E-state index < -0.39 is 12.5 Å². The van der Waals surface area contributed by atoms with Gasteiger partial charge in [-0.25, -0.2) is 8.78 Å². The molecule has 1 N–H and O–H groups in total. The molecule has 0 fully saturated rings. The molecule has 0 bridgehead atoms. The fourth-order valence-electron chi connectivity index (χ4n) is 2.21. The average molecular weight is 279 g/mol. The van der Waals surface area contributed by atoms with E-state index in [0.717, 1.165) is 22.9 Å². The quantitative estimate of drug-likeness (QED) is 0.857. The van der Waals surface area contributed by atoms with Crippen molar-refractivity contribution in [2.45, 2.75) is 25.8 Å². The zero-order chi connectivity index (χ0) is 14.5. The Morgan fingerprint density at radius 1 is 1.10 bits per heavy atom. The zero-order valence-corrected chi connectivity index (χ0v) is 11.7. The van der Waals surface area contributed by atoms with Crippen molar-refractivity contribution in [3.8, 4) is 5.75 Å². The number of methoxy groups -OCH3 is 1. The summed E-state index contributed by atoms with van der Waals surface area (Å²) in [7, 11) is 1.61. The highest BCUT2D eigenvalue weighted by Gasteiger charge is 2.21. The number of hydrogen-bond donors (Lipinski definition) is 1. The number of hydrogen-bond acceptors (Lipinski definition) is 2. The number of rotatable bonds is 6. The van der Waals surface area contributed by atoms with Gasteiger partial charge < -0.3 is 10.1 Å².